The van der Waals surface area contributed by atoms with Gasteiger partial charge < -0.3 is 4.90 Å². The monoisotopic (exact) mass is 451 g/mol. The van der Waals surface area contributed by atoms with Crippen LogP contribution in [0.25, 0.3) is 5.57 Å². The number of azo groups is 1. The van der Waals surface area contributed by atoms with Crippen molar-refractivity contribution in [1.82, 2.24) is 14.9 Å². The molecule has 0 aliphatic carbocycles. The SMILES string of the molecule is C=C(C)c1nn(CCNP)c(/N=N/c2cc3c(cc2C)N(CC)C(C)(C)CC3C)c1C#N. The van der Waals surface area contributed by atoms with Crippen molar-refractivity contribution in [3.05, 3.63) is 41.1 Å². The Bertz CT molecular complexity index is 1090. The lowest BCUT2D eigenvalue weighted by molar-refractivity contribution is 0.381. The zero-order valence-corrected chi connectivity index (χ0v) is 21.2. The normalized spacial score (nSPS) is 17.4. The van der Waals surface area contributed by atoms with E-state index in [-0.39, 0.29) is 5.54 Å². The number of anilines is 1. The van der Waals surface area contributed by atoms with Crippen LogP contribution in [-0.4, -0.2) is 28.4 Å². The third kappa shape index (κ3) is 4.48. The molecule has 0 bridgehead atoms. The molecule has 1 aliphatic heterocycles. The smallest absolute Gasteiger partial charge is 0.191 e. The van der Waals surface area contributed by atoms with Gasteiger partial charge in [-0.2, -0.15) is 10.4 Å². The molecule has 0 saturated carbocycles. The second-order valence-corrected chi connectivity index (χ2v) is 9.58. The van der Waals surface area contributed by atoms with Gasteiger partial charge in [0, 0.05) is 24.3 Å². The Morgan fingerprint density at radius 3 is 2.72 bits per heavy atom. The molecule has 1 N–H and O–H groups in total. The zero-order valence-electron chi connectivity index (χ0n) is 20.0. The molecule has 0 amide bonds. The molecule has 2 atom stereocenters. The number of nitrogens with zero attached hydrogens (tertiary/aromatic N) is 6. The van der Waals surface area contributed by atoms with Gasteiger partial charge in [0.25, 0.3) is 0 Å². The van der Waals surface area contributed by atoms with E-state index in [4.69, 9.17) is 0 Å². The third-order valence-electron chi connectivity index (χ3n) is 6.18. The Hall–Kier alpha value is -2.55. The standard InChI is InChI=1S/C24H34N7P/c1-8-30-21-11-16(4)20(12-18(21)17(5)13-24(30,6)7)27-28-23-19(14-25)22(15(2)3)29-31(23)10-9-26-32/h11-12,17,26H,2,8-10,13,32H2,1,3-7H3/b28-27+. The molecule has 2 heterocycles. The molecule has 170 valence electrons. The summed E-state index contributed by atoms with van der Waals surface area (Å²) in [7, 11) is 2.48. The molecular formula is C24H34N7P. The fourth-order valence-electron chi connectivity index (χ4n) is 4.71. The largest absolute Gasteiger partial charge is 0.366 e. The van der Waals surface area contributed by atoms with Gasteiger partial charge in [0.1, 0.15) is 17.3 Å². The van der Waals surface area contributed by atoms with E-state index in [1.165, 1.54) is 11.3 Å². The summed E-state index contributed by atoms with van der Waals surface area (Å²) in [5, 5.41) is 26.5. The number of benzene rings is 1. The van der Waals surface area contributed by atoms with Gasteiger partial charge >= 0.3 is 0 Å². The Morgan fingerprint density at radius 2 is 2.12 bits per heavy atom. The van der Waals surface area contributed by atoms with Gasteiger partial charge in [-0.1, -0.05) is 22.9 Å². The molecule has 2 unspecified atom stereocenters. The number of fused-ring (bicyclic) bond motifs is 1. The second-order valence-electron chi connectivity index (χ2n) is 9.18. The molecule has 0 fully saturated rings. The molecule has 0 saturated heterocycles. The van der Waals surface area contributed by atoms with Crippen LogP contribution in [0.5, 0.6) is 0 Å². The van der Waals surface area contributed by atoms with Gasteiger partial charge in [-0.05, 0) is 75.8 Å². The van der Waals surface area contributed by atoms with Gasteiger partial charge in [-0.15, -0.1) is 10.2 Å². The maximum Gasteiger partial charge on any atom is 0.191 e. The maximum absolute atomic E-state index is 9.77. The van der Waals surface area contributed by atoms with Gasteiger partial charge in [-0.3, -0.25) is 5.09 Å². The van der Waals surface area contributed by atoms with E-state index in [2.05, 4.69) is 94.1 Å². The van der Waals surface area contributed by atoms with Crippen molar-refractivity contribution >= 4 is 32.2 Å². The molecule has 1 aromatic carbocycles. The van der Waals surface area contributed by atoms with E-state index in [0.29, 0.717) is 36.1 Å². The summed E-state index contributed by atoms with van der Waals surface area (Å²) in [4.78, 5) is 2.48. The predicted molar refractivity (Wildman–Crippen MR) is 135 cm³/mol. The summed E-state index contributed by atoms with van der Waals surface area (Å²) in [6.45, 7) is 19.2. The topological polar surface area (TPSA) is 81.6 Å². The van der Waals surface area contributed by atoms with Crippen LogP contribution in [0, 0.1) is 18.3 Å². The number of aromatic nitrogens is 2. The minimum Gasteiger partial charge on any atom is -0.366 e. The zero-order chi connectivity index (χ0) is 23.6. The molecule has 7 nitrogen and oxygen atoms in total. The minimum atomic E-state index is 0.120. The molecule has 2 aromatic rings. The van der Waals surface area contributed by atoms with Crippen LogP contribution in [0.3, 0.4) is 0 Å². The number of aryl methyl sites for hydroxylation is 1. The lowest BCUT2D eigenvalue weighted by Crippen LogP contribution is -2.48. The van der Waals surface area contributed by atoms with Gasteiger partial charge in [0.15, 0.2) is 5.82 Å². The minimum absolute atomic E-state index is 0.120. The average Bonchev–Trinajstić information content (AvgIpc) is 3.08. The van der Waals surface area contributed by atoms with Crippen LogP contribution in [0.15, 0.2) is 28.9 Å². The first-order valence-electron chi connectivity index (χ1n) is 11.1. The number of hydrogen-bond donors (Lipinski definition) is 1. The Kier molecular flexibility index (Phi) is 7.17. The number of rotatable bonds is 7. The first-order valence-corrected chi connectivity index (χ1v) is 11.7. The lowest BCUT2D eigenvalue weighted by atomic mass is 9.79. The molecule has 3 rings (SSSR count). The van der Waals surface area contributed by atoms with Crippen molar-refractivity contribution in [2.45, 2.75) is 66.0 Å². The molecule has 1 aromatic heterocycles. The predicted octanol–water partition coefficient (Wildman–Crippen LogP) is 6.00. The Balaban J connectivity index is 2.07. The highest BCUT2D eigenvalue weighted by Crippen LogP contribution is 2.45. The van der Waals surface area contributed by atoms with E-state index in [9.17, 15) is 5.26 Å². The maximum atomic E-state index is 9.77. The first kappa shape index (κ1) is 24.1. The quantitative estimate of drug-likeness (QED) is 0.413. The summed E-state index contributed by atoms with van der Waals surface area (Å²) in [5.41, 5.74) is 6.30. The van der Waals surface area contributed by atoms with E-state index in [1.54, 1.807) is 4.68 Å². The summed E-state index contributed by atoms with van der Waals surface area (Å²) in [5.74, 6) is 0.896. The number of nitrogens with one attached hydrogen (secondary N) is 1. The summed E-state index contributed by atoms with van der Waals surface area (Å²) in [6.07, 6.45) is 1.09. The number of hydrogen-bond acceptors (Lipinski definition) is 6. The second kappa shape index (κ2) is 9.52. The average molecular weight is 452 g/mol. The summed E-state index contributed by atoms with van der Waals surface area (Å²) >= 11 is 0. The highest BCUT2D eigenvalue weighted by molar-refractivity contribution is 7.13. The van der Waals surface area contributed by atoms with Crippen LogP contribution in [0.2, 0.25) is 0 Å². The summed E-state index contributed by atoms with van der Waals surface area (Å²) < 4.78 is 1.72. The van der Waals surface area contributed by atoms with E-state index in [1.807, 2.05) is 6.92 Å². The first-order chi connectivity index (χ1) is 15.1. The Morgan fingerprint density at radius 1 is 1.41 bits per heavy atom. The van der Waals surface area contributed by atoms with E-state index >= 15 is 0 Å². The molecular weight excluding hydrogens is 417 g/mol. The van der Waals surface area contributed by atoms with Crippen molar-refractivity contribution < 1.29 is 0 Å². The van der Waals surface area contributed by atoms with Gasteiger partial charge in [0.05, 0.1) is 12.2 Å². The van der Waals surface area contributed by atoms with Crippen LogP contribution < -0.4 is 9.99 Å². The van der Waals surface area contributed by atoms with Crippen LogP contribution in [-0.2, 0) is 6.54 Å². The van der Waals surface area contributed by atoms with Crippen LogP contribution >= 0.6 is 9.39 Å². The van der Waals surface area contributed by atoms with Crippen LogP contribution in [0.4, 0.5) is 17.2 Å². The fourth-order valence-corrected chi connectivity index (χ4v) is 4.84. The van der Waals surface area contributed by atoms with Gasteiger partial charge in [-0.25, -0.2) is 4.68 Å². The molecule has 32 heavy (non-hydrogen) atoms. The number of nitriles is 1. The molecule has 8 heteroatoms. The molecule has 0 radical (unpaired) electrons. The van der Waals surface area contributed by atoms with E-state index < -0.39 is 0 Å². The lowest BCUT2D eigenvalue weighted by Gasteiger charge is -2.47. The number of allylic oxidation sites excluding steroid dienone is 1. The molecule has 0 spiro atoms. The van der Waals surface area contributed by atoms with Crippen molar-refractivity contribution in [3.63, 3.8) is 0 Å². The van der Waals surface area contributed by atoms with E-state index in [0.717, 1.165) is 29.8 Å². The fraction of sp³-hybridized carbons (Fsp3) is 0.500. The highest BCUT2D eigenvalue weighted by Gasteiger charge is 2.35. The highest BCUT2D eigenvalue weighted by atomic mass is 31.0. The van der Waals surface area contributed by atoms with Crippen molar-refractivity contribution in [3.8, 4) is 6.07 Å². The Labute approximate surface area is 193 Å². The summed E-state index contributed by atoms with van der Waals surface area (Å²) in [6, 6.07) is 6.63. The van der Waals surface area contributed by atoms with Crippen LogP contribution in [0.1, 0.15) is 69.3 Å². The molecule has 1 aliphatic rings. The van der Waals surface area contributed by atoms with Gasteiger partial charge in [0.2, 0.25) is 0 Å². The van der Waals surface area contributed by atoms with Crippen molar-refractivity contribution in [1.29, 1.82) is 5.26 Å². The van der Waals surface area contributed by atoms with Crippen molar-refractivity contribution in [2.24, 2.45) is 10.2 Å². The van der Waals surface area contributed by atoms with Crippen molar-refractivity contribution in [2.75, 3.05) is 18.0 Å². The third-order valence-corrected chi connectivity index (χ3v) is 6.47.